The van der Waals surface area contributed by atoms with Crippen LogP contribution in [0.1, 0.15) is 0 Å². The maximum absolute atomic E-state index is 6.38. The van der Waals surface area contributed by atoms with Crippen molar-refractivity contribution in [2.75, 3.05) is 38.5 Å². The van der Waals surface area contributed by atoms with Crippen LogP contribution < -0.4 is 31.1 Å². The average molecular weight is 552 g/mol. The molecule has 12 nitrogen and oxygen atoms in total. The van der Waals surface area contributed by atoms with Gasteiger partial charge in [-0.25, -0.2) is 0 Å². The molecule has 4 rings (SSSR count). The van der Waals surface area contributed by atoms with Crippen LogP contribution in [0, 0.1) is 0 Å². The van der Waals surface area contributed by atoms with Crippen LogP contribution in [-0.2, 0) is 13.9 Å². The normalized spacial score (nSPS) is 19.9. The topological polar surface area (TPSA) is 152 Å². The zero-order chi connectivity index (χ0) is 25.7. The van der Waals surface area contributed by atoms with Crippen molar-refractivity contribution in [1.29, 1.82) is 0 Å². The second-order valence-corrected chi connectivity index (χ2v) is 13.0. The molecule has 15 heteroatoms. The molecule has 3 aromatic carbocycles. The quantitative estimate of drug-likeness (QED) is 0.219. The smallest absolute Gasteiger partial charge is 0.346 e. The second kappa shape index (κ2) is 11.6. The van der Waals surface area contributed by atoms with E-state index in [0.29, 0.717) is 34.3 Å². The van der Waals surface area contributed by atoms with Gasteiger partial charge in [-0.15, -0.1) is 0 Å². The summed E-state index contributed by atoms with van der Waals surface area (Å²) in [7, 11) is -2.55. The van der Waals surface area contributed by atoms with Crippen LogP contribution in [-0.4, -0.2) is 30.5 Å². The lowest BCUT2D eigenvalue weighted by Crippen LogP contribution is -2.33. The summed E-state index contributed by atoms with van der Waals surface area (Å²) in [5, 5.41) is 0. The van der Waals surface area contributed by atoms with Crippen molar-refractivity contribution in [2.24, 2.45) is 4.52 Å². The lowest BCUT2D eigenvalue weighted by Gasteiger charge is -2.43. The van der Waals surface area contributed by atoms with Gasteiger partial charge in [-0.1, -0.05) is 0 Å². The lowest BCUT2D eigenvalue weighted by atomic mass is 10.3. The zero-order valence-corrected chi connectivity index (χ0v) is 22.5. The maximum atomic E-state index is 6.38. The molecule has 0 spiro atoms. The molecule has 0 amide bonds. The molecular weight excluding hydrogens is 525 g/mol. The molecule has 0 aliphatic carbocycles. The third kappa shape index (κ3) is 5.83. The van der Waals surface area contributed by atoms with Gasteiger partial charge in [0.15, 0.2) is 0 Å². The highest BCUT2D eigenvalue weighted by molar-refractivity contribution is 7.78. The third-order valence-electron chi connectivity index (χ3n) is 4.69. The third-order valence-corrected chi connectivity index (χ3v) is 11.8. The monoisotopic (exact) mass is 552 g/mol. The van der Waals surface area contributed by atoms with Crippen molar-refractivity contribution in [3.63, 3.8) is 0 Å². The SMILES string of the molecule is CON1P(Oc2ccc(N)cc2)N(Oc2ccc(N)cc2)P(Oc2ccc(N)cc2)N=P1(OC)OC. The average Bonchev–Trinajstić information content (AvgIpc) is 2.89. The highest BCUT2D eigenvalue weighted by Gasteiger charge is 2.54. The Morgan fingerprint density at radius 3 is 1.56 bits per heavy atom. The zero-order valence-electron chi connectivity index (χ0n) is 19.8. The fourth-order valence-corrected chi connectivity index (χ4v) is 10.4. The predicted octanol–water partition coefficient (Wildman–Crippen LogP) is 5.76. The van der Waals surface area contributed by atoms with Gasteiger partial charge < -0.3 is 40.1 Å². The molecule has 0 aromatic heterocycles. The number of hydrogen-bond acceptors (Lipinski definition) is 12. The van der Waals surface area contributed by atoms with Gasteiger partial charge in [-0.3, -0.25) is 4.84 Å². The highest BCUT2D eigenvalue weighted by Crippen LogP contribution is 2.78. The number of nitrogens with two attached hydrogens (primary N) is 3. The van der Waals surface area contributed by atoms with E-state index in [1.165, 1.54) is 30.5 Å². The van der Waals surface area contributed by atoms with Gasteiger partial charge in [0.1, 0.15) is 17.2 Å². The first-order valence-corrected chi connectivity index (χ1v) is 14.3. The van der Waals surface area contributed by atoms with E-state index in [0.717, 1.165) is 0 Å². The summed E-state index contributed by atoms with van der Waals surface area (Å²) in [6.07, 6.45) is 0. The Kier molecular flexibility index (Phi) is 8.51. The predicted molar refractivity (Wildman–Crippen MR) is 142 cm³/mol. The van der Waals surface area contributed by atoms with Crippen molar-refractivity contribution in [3.05, 3.63) is 72.8 Å². The van der Waals surface area contributed by atoms with E-state index >= 15 is 0 Å². The van der Waals surface area contributed by atoms with E-state index in [1.807, 2.05) is 0 Å². The summed E-state index contributed by atoms with van der Waals surface area (Å²) in [5.41, 5.74) is 19.3. The maximum Gasteiger partial charge on any atom is 0.346 e. The summed E-state index contributed by atoms with van der Waals surface area (Å²) in [4.78, 5) is 12.0. The van der Waals surface area contributed by atoms with Gasteiger partial charge in [0.25, 0.3) is 0 Å². The Morgan fingerprint density at radius 1 is 0.667 bits per heavy atom. The number of rotatable bonds is 9. The van der Waals surface area contributed by atoms with Gasteiger partial charge >= 0.3 is 24.6 Å². The number of nitrogen functional groups attached to an aromatic ring is 3. The van der Waals surface area contributed by atoms with Gasteiger partial charge in [-0.05, 0) is 77.4 Å². The Bertz CT molecular complexity index is 1190. The van der Waals surface area contributed by atoms with Crippen LogP contribution in [0.4, 0.5) is 17.1 Å². The summed E-state index contributed by atoms with van der Waals surface area (Å²) in [6, 6.07) is 20.7. The van der Waals surface area contributed by atoms with Gasteiger partial charge in [-0.2, -0.15) is 4.52 Å². The van der Waals surface area contributed by atoms with Crippen LogP contribution in [0.3, 0.4) is 0 Å². The molecule has 0 saturated heterocycles. The molecule has 0 bridgehead atoms. The summed E-state index contributed by atoms with van der Waals surface area (Å²) in [5.74, 6) is 1.51. The number of hydrogen-bond donors (Lipinski definition) is 3. The van der Waals surface area contributed by atoms with E-state index in [1.54, 1.807) is 72.8 Å². The highest BCUT2D eigenvalue weighted by atomic mass is 31.3. The summed E-state index contributed by atoms with van der Waals surface area (Å²) in [6.45, 7) is 0. The first-order chi connectivity index (χ1) is 17.4. The first-order valence-electron chi connectivity index (χ1n) is 10.5. The molecule has 6 N–H and O–H groups in total. The molecule has 0 saturated carbocycles. The Balaban J connectivity index is 1.80. The number of nitrogens with zero attached hydrogens (tertiary/aromatic N) is 3. The fraction of sp³-hybridized carbons (Fsp3) is 0.143. The molecule has 1 aliphatic heterocycles. The van der Waals surface area contributed by atoms with Crippen LogP contribution >= 0.6 is 24.6 Å². The minimum Gasteiger partial charge on any atom is -0.441 e. The molecule has 36 heavy (non-hydrogen) atoms. The Morgan fingerprint density at radius 2 is 1.11 bits per heavy atom. The van der Waals surface area contributed by atoms with E-state index in [9.17, 15) is 0 Å². The van der Waals surface area contributed by atoms with Crippen LogP contribution in [0.2, 0.25) is 0 Å². The number of benzene rings is 3. The van der Waals surface area contributed by atoms with Gasteiger partial charge in [0.2, 0.25) is 0 Å². The van der Waals surface area contributed by atoms with Gasteiger partial charge in [0, 0.05) is 35.9 Å². The number of anilines is 3. The minimum absolute atomic E-state index is 0.484. The van der Waals surface area contributed by atoms with Crippen LogP contribution in [0.25, 0.3) is 0 Å². The van der Waals surface area contributed by atoms with Crippen molar-refractivity contribution in [1.82, 2.24) is 9.21 Å². The Labute approximate surface area is 211 Å². The molecule has 2 atom stereocenters. The molecule has 3 aromatic rings. The van der Waals surface area contributed by atoms with Crippen molar-refractivity contribution < 1.29 is 27.8 Å². The molecule has 0 fully saturated rings. The Hall–Kier alpha value is -2.65. The molecule has 0 radical (unpaired) electrons. The summed E-state index contributed by atoms with van der Waals surface area (Å²) >= 11 is 0. The van der Waals surface area contributed by atoms with E-state index in [-0.39, 0.29) is 0 Å². The van der Waals surface area contributed by atoms with Crippen LogP contribution in [0.5, 0.6) is 17.2 Å². The van der Waals surface area contributed by atoms with E-state index < -0.39 is 24.6 Å². The van der Waals surface area contributed by atoms with Crippen molar-refractivity contribution in [2.45, 2.75) is 0 Å². The van der Waals surface area contributed by atoms with E-state index in [4.69, 9.17) is 49.5 Å². The largest absolute Gasteiger partial charge is 0.441 e. The first kappa shape index (κ1) is 26.4. The molecule has 2 unspecified atom stereocenters. The molecule has 1 heterocycles. The van der Waals surface area contributed by atoms with Crippen LogP contribution in [0.15, 0.2) is 77.3 Å². The summed E-state index contributed by atoms with van der Waals surface area (Å²) < 4.78 is 31.9. The van der Waals surface area contributed by atoms with Gasteiger partial charge in [0.05, 0.1) is 7.11 Å². The molecule has 1 aliphatic rings. The lowest BCUT2D eigenvalue weighted by molar-refractivity contribution is -0.0161. The molecular formula is C21H27N6O6P3. The fourth-order valence-electron chi connectivity index (χ4n) is 2.91. The van der Waals surface area contributed by atoms with Crippen molar-refractivity contribution in [3.8, 4) is 17.2 Å². The molecule has 192 valence electrons. The second-order valence-electron chi connectivity index (χ2n) is 7.12. The minimum atomic E-state index is -3.16. The van der Waals surface area contributed by atoms with Crippen molar-refractivity contribution >= 4 is 41.6 Å². The standard InChI is InChI=1S/C21H27N6O6P3/c1-28-27-35(33-21-14-8-18(24)9-15-21)26(31-19-10-4-16(22)5-11-19)34(25-36(27,29-2)30-3)32-20-12-6-17(23)7-13-20/h4-15H,22-24H2,1-3H3. The van der Waals surface area contributed by atoms with E-state index in [2.05, 4.69) is 0 Å².